The van der Waals surface area contributed by atoms with Crippen LogP contribution in [0.1, 0.15) is 30.9 Å². The molecule has 132 valence electrons. The minimum atomic E-state index is 0.469. The lowest BCUT2D eigenvalue weighted by Gasteiger charge is -2.32. The third-order valence-electron chi connectivity index (χ3n) is 4.86. The van der Waals surface area contributed by atoms with Gasteiger partial charge >= 0.3 is 0 Å². The van der Waals surface area contributed by atoms with Gasteiger partial charge in [0.1, 0.15) is 5.75 Å². The zero-order chi connectivity index (χ0) is 17.6. The summed E-state index contributed by atoms with van der Waals surface area (Å²) < 4.78 is 5.21. The van der Waals surface area contributed by atoms with E-state index in [2.05, 4.69) is 59.6 Å². The normalized spacial score (nSPS) is 14.6. The van der Waals surface area contributed by atoms with E-state index in [0.717, 1.165) is 29.9 Å². The molecule has 0 radical (unpaired) electrons. The molecule has 1 saturated carbocycles. The van der Waals surface area contributed by atoms with Crippen LogP contribution in [-0.4, -0.2) is 23.2 Å². The van der Waals surface area contributed by atoms with Gasteiger partial charge in [0, 0.05) is 19.1 Å². The van der Waals surface area contributed by atoms with Crippen LogP contribution < -0.4 is 10.1 Å². The first-order valence-corrected chi connectivity index (χ1v) is 9.29. The molecule has 25 heavy (non-hydrogen) atoms. The summed E-state index contributed by atoms with van der Waals surface area (Å²) in [5, 5.41) is 4.27. The molecular formula is C21H26N2OS. The van der Waals surface area contributed by atoms with E-state index in [9.17, 15) is 0 Å². The fraction of sp³-hybridized carbons (Fsp3) is 0.381. The first-order valence-electron chi connectivity index (χ1n) is 8.88. The SMILES string of the molecule is COc1ccc(CNC(=S)N(Cc2ccccc2)[C@@H](C)C2CC2)cc1. The van der Waals surface area contributed by atoms with E-state index in [0.29, 0.717) is 6.04 Å². The van der Waals surface area contributed by atoms with E-state index in [1.54, 1.807) is 7.11 Å². The molecular weight excluding hydrogens is 328 g/mol. The predicted octanol–water partition coefficient (Wildman–Crippen LogP) is 4.37. The van der Waals surface area contributed by atoms with Gasteiger partial charge in [0.25, 0.3) is 0 Å². The minimum absolute atomic E-state index is 0.469. The highest BCUT2D eigenvalue weighted by Gasteiger charge is 2.33. The Morgan fingerprint density at radius 1 is 1.12 bits per heavy atom. The Labute approximate surface area is 156 Å². The number of benzene rings is 2. The summed E-state index contributed by atoms with van der Waals surface area (Å²) in [6.45, 7) is 3.88. The molecule has 1 fully saturated rings. The standard InChI is InChI=1S/C21H26N2OS/c1-16(19-10-11-19)23(15-18-6-4-3-5-7-18)21(25)22-14-17-8-12-20(24-2)13-9-17/h3-9,12-13,16,19H,10-11,14-15H2,1-2H3,(H,22,25)/t16-/m0/s1. The zero-order valence-electron chi connectivity index (χ0n) is 14.9. The van der Waals surface area contributed by atoms with Gasteiger partial charge < -0.3 is 15.0 Å². The summed E-state index contributed by atoms with van der Waals surface area (Å²) >= 11 is 5.74. The maximum atomic E-state index is 5.74. The van der Waals surface area contributed by atoms with Crippen molar-refractivity contribution in [1.29, 1.82) is 0 Å². The molecule has 1 N–H and O–H groups in total. The van der Waals surface area contributed by atoms with Gasteiger partial charge in [-0.3, -0.25) is 0 Å². The number of hydrogen-bond acceptors (Lipinski definition) is 2. The molecule has 4 heteroatoms. The van der Waals surface area contributed by atoms with Gasteiger partial charge in [-0.2, -0.15) is 0 Å². The molecule has 0 aliphatic heterocycles. The van der Waals surface area contributed by atoms with Crippen LogP contribution in [0, 0.1) is 5.92 Å². The third kappa shape index (κ3) is 4.95. The topological polar surface area (TPSA) is 24.5 Å². The number of ether oxygens (including phenoxy) is 1. The fourth-order valence-electron chi connectivity index (χ4n) is 3.04. The van der Waals surface area contributed by atoms with E-state index in [1.807, 2.05) is 12.1 Å². The van der Waals surface area contributed by atoms with Gasteiger partial charge in [-0.1, -0.05) is 42.5 Å². The highest BCUT2D eigenvalue weighted by Crippen LogP contribution is 2.35. The Kier molecular flexibility index (Phi) is 5.92. The number of rotatable bonds is 7. The first-order chi connectivity index (χ1) is 12.2. The lowest BCUT2D eigenvalue weighted by atomic mass is 10.1. The molecule has 0 saturated heterocycles. The Hall–Kier alpha value is -2.07. The molecule has 0 heterocycles. The average molecular weight is 355 g/mol. The Morgan fingerprint density at radius 2 is 1.80 bits per heavy atom. The molecule has 1 aliphatic rings. The van der Waals surface area contributed by atoms with Crippen molar-refractivity contribution in [3.63, 3.8) is 0 Å². The van der Waals surface area contributed by atoms with Gasteiger partial charge in [0.05, 0.1) is 7.11 Å². The van der Waals surface area contributed by atoms with Gasteiger partial charge in [0.15, 0.2) is 5.11 Å². The van der Waals surface area contributed by atoms with Gasteiger partial charge in [-0.25, -0.2) is 0 Å². The van der Waals surface area contributed by atoms with Crippen molar-refractivity contribution in [3.05, 3.63) is 65.7 Å². The third-order valence-corrected chi connectivity index (χ3v) is 5.23. The summed E-state index contributed by atoms with van der Waals surface area (Å²) in [6, 6.07) is 19.1. The zero-order valence-corrected chi connectivity index (χ0v) is 15.8. The number of nitrogens with zero attached hydrogens (tertiary/aromatic N) is 1. The molecule has 2 aromatic rings. The lowest BCUT2D eigenvalue weighted by molar-refractivity contribution is 0.290. The van der Waals surface area contributed by atoms with Crippen molar-refractivity contribution < 1.29 is 4.74 Å². The first kappa shape index (κ1) is 17.7. The van der Waals surface area contributed by atoms with E-state index in [4.69, 9.17) is 17.0 Å². The molecule has 3 rings (SSSR count). The molecule has 0 aromatic heterocycles. The van der Waals surface area contributed by atoms with Crippen molar-refractivity contribution in [2.24, 2.45) is 5.92 Å². The Balaban J connectivity index is 1.63. The maximum Gasteiger partial charge on any atom is 0.169 e. The highest BCUT2D eigenvalue weighted by molar-refractivity contribution is 7.80. The van der Waals surface area contributed by atoms with Crippen LogP contribution in [0.5, 0.6) is 5.75 Å². The number of thiocarbonyl (C=S) groups is 1. The van der Waals surface area contributed by atoms with Crippen molar-refractivity contribution in [2.75, 3.05) is 7.11 Å². The van der Waals surface area contributed by atoms with E-state index >= 15 is 0 Å². The molecule has 2 aromatic carbocycles. The van der Waals surface area contributed by atoms with E-state index in [-0.39, 0.29) is 0 Å². The minimum Gasteiger partial charge on any atom is -0.497 e. The summed E-state index contributed by atoms with van der Waals surface area (Å²) in [5.74, 6) is 1.64. The molecule has 0 bridgehead atoms. The van der Waals surface area contributed by atoms with Crippen molar-refractivity contribution >= 4 is 17.3 Å². The monoisotopic (exact) mass is 354 g/mol. The largest absolute Gasteiger partial charge is 0.497 e. The summed E-state index contributed by atoms with van der Waals surface area (Å²) in [7, 11) is 1.68. The van der Waals surface area contributed by atoms with Crippen molar-refractivity contribution in [1.82, 2.24) is 10.2 Å². The predicted molar refractivity (Wildman–Crippen MR) is 107 cm³/mol. The maximum absolute atomic E-state index is 5.74. The smallest absolute Gasteiger partial charge is 0.169 e. The molecule has 3 nitrogen and oxygen atoms in total. The number of nitrogens with one attached hydrogen (secondary N) is 1. The van der Waals surface area contributed by atoms with Crippen LogP contribution in [0.3, 0.4) is 0 Å². The van der Waals surface area contributed by atoms with E-state index in [1.165, 1.54) is 24.0 Å². The van der Waals surface area contributed by atoms with Crippen LogP contribution in [0.2, 0.25) is 0 Å². The van der Waals surface area contributed by atoms with Crippen LogP contribution in [-0.2, 0) is 13.1 Å². The molecule has 0 unspecified atom stereocenters. The second kappa shape index (κ2) is 8.34. The van der Waals surface area contributed by atoms with Crippen molar-refractivity contribution in [3.8, 4) is 5.75 Å². The molecule has 1 aliphatic carbocycles. The molecule has 0 spiro atoms. The van der Waals surface area contributed by atoms with Gasteiger partial charge in [-0.15, -0.1) is 0 Å². The van der Waals surface area contributed by atoms with Crippen LogP contribution in [0.25, 0.3) is 0 Å². The fourth-order valence-corrected chi connectivity index (χ4v) is 3.34. The van der Waals surface area contributed by atoms with Crippen LogP contribution >= 0.6 is 12.2 Å². The van der Waals surface area contributed by atoms with Crippen LogP contribution in [0.15, 0.2) is 54.6 Å². The van der Waals surface area contributed by atoms with Gasteiger partial charge in [0.2, 0.25) is 0 Å². The molecule has 1 atom stereocenters. The number of hydrogen-bond donors (Lipinski definition) is 1. The quantitative estimate of drug-likeness (QED) is 0.746. The van der Waals surface area contributed by atoms with E-state index < -0.39 is 0 Å². The summed E-state index contributed by atoms with van der Waals surface area (Å²) in [5.41, 5.74) is 2.49. The van der Waals surface area contributed by atoms with Crippen LogP contribution in [0.4, 0.5) is 0 Å². The summed E-state index contributed by atoms with van der Waals surface area (Å²) in [4.78, 5) is 2.34. The van der Waals surface area contributed by atoms with Gasteiger partial charge in [-0.05, 0) is 61.2 Å². The average Bonchev–Trinajstić information content (AvgIpc) is 3.50. The highest BCUT2D eigenvalue weighted by atomic mass is 32.1. The lowest BCUT2D eigenvalue weighted by Crippen LogP contribution is -2.45. The second-order valence-electron chi connectivity index (χ2n) is 6.70. The second-order valence-corrected chi connectivity index (χ2v) is 7.09. The summed E-state index contributed by atoms with van der Waals surface area (Å²) in [6.07, 6.45) is 2.63. The Bertz CT molecular complexity index is 683. The number of methoxy groups -OCH3 is 1. The molecule has 0 amide bonds. The Morgan fingerprint density at radius 3 is 2.40 bits per heavy atom. The van der Waals surface area contributed by atoms with Crippen molar-refractivity contribution in [2.45, 2.75) is 38.9 Å².